The molecule has 0 aliphatic heterocycles. The number of rotatable bonds is 6. The fourth-order valence-electron chi connectivity index (χ4n) is 1.28. The van der Waals surface area contributed by atoms with Crippen LogP contribution in [0.3, 0.4) is 0 Å². The quantitative estimate of drug-likeness (QED) is 0.396. The van der Waals surface area contributed by atoms with E-state index in [9.17, 15) is 4.79 Å². The molecule has 0 fully saturated rings. The number of benzene rings is 1. The number of aliphatic carboxylic acids is 1. The molecule has 0 radical (unpaired) electrons. The van der Waals surface area contributed by atoms with E-state index in [1.165, 1.54) is 25.5 Å². The Morgan fingerprint density at radius 1 is 1.50 bits per heavy atom. The molecule has 1 rings (SSSR count). The molecule has 5 N–H and O–H groups in total. The van der Waals surface area contributed by atoms with Crippen LogP contribution in [-0.2, 0) is 4.79 Å². The number of methoxy groups -OCH3 is 1. The van der Waals surface area contributed by atoms with E-state index in [0.29, 0.717) is 10.6 Å². The number of carbonyl (C=O) groups is 1. The van der Waals surface area contributed by atoms with Crippen molar-refractivity contribution in [3.63, 3.8) is 0 Å². The van der Waals surface area contributed by atoms with Crippen LogP contribution in [0.15, 0.2) is 22.3 Å². The van der Waals surface area contributed by atoms with E-state index in [2.05, 4.69) is 10.2 Å². The summed E-state index contributed by atoms with van der Waals surface area (Å²) in [6.45, 7) is -0.541. The molecule has 0 aromatic heterocycles. The van der Waals surface area contributed by atoms with Crippen LogP contribution in [0.4, 0.5) is 0 Å². The van der Waals surface area contributed by atoms with Gasteiger partial charge in [0.1, 0.15) is 0 Å². The van der Waals surface area contributed by atoms with Gasteiger partial charge in [-0.15, -0.1) is 5.10 Å². The van der Waals surface area contributed by atoms with Crippen molar-refractivity contribution in [3.05, 3.63) is 22.7 Å². The highest BCUT2D eigenvalue weighted by Crippen LogP contribution is 2.33. The van der Waals surface area contributed by atoms with Crippen molar-refractivity contribution >= 4 is 29.7 Å². The molecule has 8 nitrogen and oxygen atoms in total. The predicted molar refractivity (Wildman–Crippen MR) is 74.5 cm³/mol. The summed E-state index contributed by atoms with van der Waals surface area (Å²) >= 11 is 5.91. The maximum atomic E-state index is 10.6. The molecule has 1 aromatic rings. The minimum atomic E-state index is -1.13. The number of ether oxygens (including phenoxy) is 2. The molecule has 0 heterocycles. The van der Waals surface area contributed by atoms with Gasteiger partial charge in [-0.1, -0.05) is 11.6 Å². The first-order valence-electron chi connectivity index (χ1n) is 5.28. The van der Waals surface area contributed by atoms with Crippen LogP contribution in [0.1, 0.15) is 5.56 Å². The van der Waals surface area contributed by atoms with E-state index in [1.54, 1.807) is 0 Å². The second-order valence-corrected chi connectivity index (χ2v) is 3.91. The van der Waals surface area contributed by atoms with Gasteiger partial charge in [0.25, 0.3) is 0 Å². The summed E-state index contributed by atoms with van der Waals surface area (Å²) < 4.78 is 10.2. The number of carboxylic acid groups (broad SMARTS) is 1. The van der Waals surface area contributed by atoms with E-state index in [1.807, 2.05) is 0 Å². The molecule has 0 aliphatic rings. The van der Waals surface area contributed by atoms with Gasteiger partial charge >= 0.3 is 5.97 Å². The minimum absolute atomic E-state index is 0.175. The summed E-state index contributed by atoms with van der Waals surface area (Å²) in [5.41, 5.74) is 10.6. The Morgan fingerprint density at radius 3 is 2.75 bits per heavy atom. The van der Waals surface area contributed by atoms with Gasteiger partial charge in [0.15, 0.2) is 18.1 Å². The van der Waals surface area contributed by atoms with Crippen molar-refractivity contribution in [2.45, 2.75) is 0 Å². The molecule has 20 heavy (non-hydrogen) atoms. The highest BCUT2D eigenvalue weighted by molar-refractivity contribution is 6.31. The second kappa shape index (κ2) is 7.19. The molecule has 0 spiro atoms. The van der Waals surface area contributed by atoms with E-state index in [4.69, 9.17) is 37.6 Å². The molecule has 0 saturated heterocycles. The molecular weight excluding hydrogens is 288 g/mol. The lowest BCUT2D eigenvalue weighted by Crippen LogP contribution is -2.21. The van der Waals surface area contributed by atoms with E-state index in [0.717, 1.165) is 0 Å². The van der Waals surface area contributed by atoms with Crippen LogP contribution in [0.2, 0.25) is 5.02 Å². The van der Waals surface area contributed by atoms with Crippen molar-refractivity contribution in [3.8, 4) is 11.5 Å². The van der Waals surface area contributed by atoms with Crippen LogP contribution >= 0.6 is 11.6 Å². The monoisotopic (exact) mass is 300 g/mol. The zero-order valence-corrected chi connectivity index (χ0v) is 11.3. The summed E-state index contributed by atoms with van der Waals surface area (Å²) in [6, 6.07) is 2.99. The van der Waals surface area contributed by atoms with Crippen molar-refractivity contribution in [1.29, 1.82) is 0 Å². The fourth-order valence-corrected chi connectivity index (χ4v) is 1.50. The largest absolute Gasteiger partial charge is 0.493 e. The Kier molecular flexibility index (Phi) is 5.60. The molecule has 1 aromatic carbocycles. The number of carboxylic acids is 1. The number of nitrogens with two attached hydrogens (primary N) is 2. The van der Waals surface area contributed by atoms with Gasteiger partial charge in [0, 0.05) is 16.7 Å². The first-order valence-corrected chi connectivity index (χ1v) is 5.66. The Morgan fingerprint density at radius 2 is 2.20 bits per heavy atom. The minimum Gasteiger partial charge on any atom is -0.493 e. The first-order chi connectivity index (χ1) is 9.43. The SMILES string of the molecule is COc1cc(Cl)cc(C=NN=C(N)N)c1OCC(=O)O. The summed E-state index contributed by atoms with van der Waals surface area (Å²) in [4.78, 5) is 10.6. The van der Waals surface area contributed by atoms with Crippen molar-refractivity contribution in [2.24, 2.45) is 21.7 Å². The average Bonchev–Trinajstić information content (AvgIpc) is 2.36. The average molecular weight is 301 g/mol. The van der Waals surface area contributed by atoms with Gasteiger partial charge in [0.2, 0.25) is 5.96 Å². The molecule has 108 valence electrons. The van der Waals surface area contributed by atoms with Crippen LogP contribution < -0.4 is 20.9 Å². The Hall–Kier alpha value is -2.48. The summed E-state index contributed by atoms with van der Waals surface area (Å²) in [7, 11) is 1.40. The van der Waals surface area contributed by atoms with Crippen LogP contribution in [0, 0.1) is 0 Å². The van der Waals surface area contributed by atoms with Gasteiger partial charge < -0.3 is 26.0 Å². The van der Waals surface area contributed by atoms with Crippen molar-refractivity contribution < 1.29 is 19.4 Å². The normalized spacial score (nSPS) is 10.3. The zero-order chi connectivity index (χ0) is 15.1. The smallest absolute Gasteiger partial charge is 0.341 e. The van der Waals surface area contributed by atoms with Crippen molar-refractivity contribution in [1.82, 2.24) is 0 Å². The number of hydrogen-bond donors (Lipinski definition) is 3. The molecule has 0 aliphatic carbocycles. The summed E-state index contributed by atoms with van der Waals surface area (Å²) in [6.07, 6.45) is 1.27. The molecule has 0 saturated carbocycles. The summed E-state index contributed by atoms with van der Waals surface area (Å²) in [5, 5.41) is 16.1. The van der Waals surface area contributed by atoms with Gasteiger partial charge in [-0.25, -0.2) is 4.79 Å². The molecule has 0 bridgehead atoms. The number of halogens is 1. The molecular formula is C11H13ClN4O4. The van der Waals surface area contributed by atoms with Crippen LogP contribution in [-0.4, -0.2) is 37.0 Å². The van der Waals surface area contributed by atoms with E-state index in [-0.39, 0.29) is 17.5 Å². The number of nitrogens with zero attached hydrogens (tertiary/aromatic N) is 2. The molecule has 0 atom stereocenters. The first kappa shape index (κ1) is 15.6. The standard InChI is InChI=1S/C11H13ClN4O4/c1-19-8-3-7(12)2-6(4-15-16-11(13)14)10(8)20-5-9(17)18/h2-4H,5H2,1H3,(H,17,18)(H4,13,14,16). The molecule has 0 unspecified atom stereocenters. The maximum absolute atomic E-state index is 10.6. The molecule has 0 amide bonds. The van der Waals surface area contributed by atoms with Crippen LogP contribution in [0.5, 0.6) is 11.5 Å². The fraction of sp³-hybridized carbons (Fsp3) is 0.182. The summed E-state index contributed by atoms with van der Waals surface area (Å²) in [5.74, 6) is -0.906. The van der Waals surface area contributed by atoms with Crippen LogP contribution in [0.25, 0.3) is 0 Å². The van der Waals surface area contributed by atoms with Crippen molar-refractivity contribution in [2.75, 3.05) is 13.7 Å². The third-order valence-electron chi connectivity index (χ3n) is 1.98. The predicted octanol–water partition coefficient (Wildman–Crippen LogP) is 0.419. The van der Waals surface area contributed by atoms with Gasteiger partial charge in [-0.05, 0) is 6.07 Å². The lowest BCUT2D eigenvalue weighted by Gasteiger charge is -2.12. The highest BCUT2D eigenvalue weighted by Gasteiger charge is 2.13. The number of guanidine groups is 1. The Balaban J connectivity index is 3.17. The third-order valence-corrected chi connectivity index (χ3v) is 2.20. The van der Waals surface area contributed by atoms with Gasteiger partial charge in [0.05, 0.1) is 13.3 Å². The maximum Gasteiger partial charge on any atom is 0.341 e. The Labute approximate surface area is 119 Å². The number of hydrogen-bond acceptors (Lipinski definition) is 5. The Bertz CT molecular complexity index is 556. The van der Waals surface area contributed by atoms with Gasteiger partial charge in [-0.3, -0.25) is 0 Å². The zero-order valence-electron chi connectivity index (χ0n) is 10.5. The second-order valence-electron chi connectivity index (χ2n) is 3.48. The highest BCUT2D eigenvalue weighted by atomic mass is 35.5. The van der Waals surface area contributed by atoms with E-state index < -0.39 is 12.6 Å². The molecule has 9 heteroatoms. The van der Waals surface area contributed by atoms with E-state index >= 15 is 0 Å². The third kappa shape index (κ3) is 4.65. The topological polar surface area (TPSA) is 133 Å². The van der Waals surface area contributed by atoms with Gasteiger partial charge in [-0.2, -0.15) is 5.10 Å². The lowest BCUT2D eigenvalue weighted by molar-refractivity contribution is -0.139. The lowest BCUT2D eigenvalue weighted by atomic mass is 10.2.